The van der Waals surface area contributed by atoms with Crippen molar-refractivity contribution in [3.05, 3.63) is 95.6 Å². The molecule has 4 aliphatic rings. The predicted molar refractivity (Wildman–Crippen MR) is 156 cm³/mol. The van der Waals surface area contributed by atoms with E-state index in [0.717, 1.165) is 40.7 Å². The van der Waals surface area contributed by atoms with Crippen LogP contribution in [0.4, 0.5) is 0 Å². The number of carbonyl (C=O) groups is 2. The van der Waals surface area contributed by atoms with Crippen molar-refractivity contribution in [1.29, 1.82) is 0 Å². The van der Waals surface area contributed by atoms with E-state index in [2.05, 4.69) is 27.9 Å². The van der Waals surface area contributed by atoms with Crippen LogP contribution in [0.5, 0.6) is 0 Å². The van der Waals surface area contributed by atoms with Gasteiger partial charge in [-0.15, -0.1) is 0 Å². The van der Waals surface area contributed by atoms with Crippen LogP contribution >= 0.6 is 15.9 Å². The number of esters is 2. The second kappa shape index (κ2) is 10.8. The minimum Gasteiger partial charge on any atom is -0.463 e. The molecule has 0 saturated carbocycles. The van der Waals surface area contributed by atoms with E-state index in [0.29, 0.717) is 12.1 Å². The number of hydrogen-bond acceptors (Lipinski definition) is 6. The monoisotopic (exact) mass is 603 g/mol. The van der Waals surface area contributed by atoms with E-state index in [-0.39, 0.29) is 36.9 Å². The molecule has 0 N–H and O–H groups in total. The summed E-state index contributed by atoms with van der Waals surface area (Å²) in [6.45, 7) is 1.84. The molecule has 4 unspecified atom stereocenters. The Bertz CT molecular complexity index is 1350. The standard InChI is InChI=1S/C32H31NO5.CH3Br/c1-32(24-14-8-6-12-21(24)22-13-7-9-15-25(22)32)31(35)36-18-23(19-10-4-3-5-11-19)30(34)37-20-16-26-28-29(38-28)27(17-20)33(26)2;1-2/h3-15,20,23,26-29H,16-18H2,1-2H3;1H3/t20?,23?,26?,27?,28-,29+;. The number of ether oxygens (including phenoxy) is 3. The van der Waals surface area contributed by atoms with Gasteiger partial charge in [-0.1, -0.05) is 94.8 Å². The van der Waals surface area contributed by atoms with Crippen LogP contribution in [0.2, 0.25) is 0 Å². The second-order valence-electron chi connectivity index (χ2n) is 11.2. The van der Waals surface area contributed by atoms with E-state index >= 15 is 0 Å². The van der Waals surface area contributed by atoms with Crippen molar-refractivity contribution < 1.29 is 23.8 Å². The third-order valence-corrected chi connectivity index (χ3v) is 9.16. The lowest BCUT2D eigenvalue weighted by atomic mass is 9.80. The van der Waals surface area contributed by atoms with Crippen molar-refractivity contribution >= 4 is 27.9 Å². The lowest BCUT2D eigenvalue weighted by Crippen LogP contribution is -2.48. The largest absolute Gasteiger partial charge is 0.463 e. The summed E-state index contributed by atoms with van der Waals surface area (Å²) in [6.07, 6.45) is 1.94. The molecule has 7 rings (SSSR count). The fraction of sp³-hybridized carbons (Fsp3) is 0.394. The number of morpholine rings is 1. The fourth-order valence-corrected chi connectivity index (χ4v) is 7.01. The van der Waals surface area contributed by atoms with Crippen molar-refractivity contribution in [3.63, 3.8) is 0 Å². The van der Waals surface area contributed by atoms with Crippen molar-refractivity contribution in [2.45, 2.75) is 61.5 Å². The molecule has 3 aromatic rings. The Morgan fingerprint density at radius 1 is 0.900 bits per heavy atom. The maximum atomic E-state index is 13.8. The topological polar surface area (TPSA) is 68.4 Å². The van der Waals surface area contributed by atoms with Gasteiger partial charge in [0.25, 0.3) is 0 Å². The van der Waals surface area contributed by atoms with Crippen LogP contribution in [-0.2, 0) is 29.2 Å². The second-order valence-corrected chi connectivity index (χ2v) is 11.2. The van der Waals surface area contributed by atoms with E-state index < -0.39 is 11.3 Å². The Labute approximate surface area is 243 Å². The Morgan fingerprint density at radius 2 is 1.43 bits per heavy atom. The quantitative estimate of drug-likeness (QED) is 0.211. The molecule has 3 heterocycles. The van der Waals surface area contributed by atoms with Gasteiger partial charge in [0.05, 0.1) is 0 Å². The van der Waals surface area contributed by atoms with E-state index in [1.165, 1.54) is 0 Å². The van der Waals surface area contributed by atoms with E-state index in [9.17, 15) is 9.59 Å². The first kappa shape index (κ1) is 27.2. The molecule has 6 atom stereocenters. The highest BCUT2D eigenvalue weighted by Crippen LogP contribution is 2.50. The predicted octanol–water partition coefficient (Wildman–Crippen LogP) is 5.47. The molecule has 6 nitrogen and oxygen atoms in total. The number of likely N-dealkylation sites (N-methyl/N-ethyl adjacent to an activating group) is 1. The fourth-order valence-electron chi connectivity index (χ4n) is 7.01. The number of epoxide rings is 1. The van der Waals surface area contributed by atoms with Crippen LogP contribution in [0.15, 0.2) is 78.9 Å². The van der Waals surface area contributed by atoms with Crippen LogP contribution in [-0.4, -0.2) is 66.7 Å². The highest BCUT2D eigenvalue weighted by atomic mass is 79.9. The minimum absolute atomic E-state index is 0.0740. The summed E-state index contributed by atoms with van der Waals surface area (Å²) in [4.78, 5) is 29.8. The number of hydrogen-bond donors (Lipinski definition) is 0. The third-order valence-electron chi connectivity index (χ3n) is 9.16. The number of halogens is 1. The zero-order valence-electron chi connectivity index (χ0n) is 23.0. The molecule has 3 aliphatic heterocycles. The molecule has 0 aromatic heterocycles. The highest BCUT2D eigenvalue weighted by molar-refractivity contribution is 9.08. The first-order valence-electron chi connectivity index (χ1n) is 13.8. The molecule has 3 aromatic carbocycles. The normalized spacial score (nSPS) is 27.2. The number of benzene rings is 3. The Hall–Kier alpha value is -3.00. The first-order valence-corrected chi connectivity index (χ1v) is 15.4. The van der Waals surface area contributed by atoms with Gasteiger partial charge in [0, 0.05) is 24.9 Å². The maximum absolute atomic E-state index is 13.8. The lowest BCUT2D eigenvalue weighted by Gasteiger charge is -2.38. The van der Waals surface area contributed by atoms with Crippen LogP contribution < -0.4 is 0 Å². The first-order chi connectivity index (χ1) is 19.5. The van der Waals surface area contributed by atoms with E-state index in [1.54, 1.807) is 0 Å². The van der Waals surface area contributed by atoms with Gasteiger partial charge >= 0.3 is 11.9 Å². The summed E-state index contributed by atoms with van der Waals surface area (Å²) in [5.74, 6) is 0.411. The van der Waals surface area contributed by atoms with Gasteiger partial charge in [0.1, 0.15) is 36.3 Å². The number of piperidine rings is 1. The molecule has 3 fully saturated rings. The van der Waals surface area contributed by atoms with Gasteiger partial charge in [-0.25, -0.2) is 0 Å². The molecule has 40 heavy (non-hydrogen) atoms. The SMILES string of the molecule is CBr.CN1C2CC(OC(=O)C(COC(=O)C3(C)c4ccccc4-c4ccccc43)c3ccccc3)CC1[C@@H]1O[C@H]21. The smallest absolute Gasteiger partial charge is 0.320 e. The number of carbonyl (C=O) groups excluding carboxylic acids is 2. The molecule has 1 aliphatic carbocycles. The van der Waals surface area contributed by atoms with Crippen LogP contribution in [0.25, 0.3) is 11.1 Å². The van der Waals surface area contributed by atoms with Crippen molar-refractivity contribution in [1.82, 2.24) is 4.90 Å². The lowest BCUT2D eigenvalue weighted by molar-refractivity contribution is -0.160. The van der Waals surface area contributed by atoms with E-state index in [4.69, 9.17) is 14.2 Å². The van der Waals surface area contributed by atoms with Gasteiger partial charge < -0.3 is 14.2 Å². The summed E-state index contributed by atoms with van der Waals surface area (Å²) < 4.78 is 17.9. The molecular formula is C33H34BrNO5. The van der Waals surface area contributed by atoms with Gasteiger partial charge in [-0.3, -0.25) is 14.5 Å². The number of rotatable bonds is 6. The molecule has 0 spiro atoms. The molecule has 2 bridgehead atoms. The molecule has 0 amide bonds. The zero-order chi connectivity index (χ0) is 28.0. The zero-order valence-corrected chi connectivity index (χ0v) is 24.5. The van der Waals surface area contributed by atoms with E-state index in [1.807, 2.05) is 91.6 Å². The molecule has 7 heteroatoms. The van der Waals surface area contributed by atoms with Gasteiger partial charge in [-0.05, 0) is 47.6 Å². The van der Waals surface area contributed by atoms with Crippen molar-refractivity contribution in [2.75, 3.05) is 19.5 Å². The summed E-state index contributed by atoms with van der Waals surface area (Å²) in [5, 5.41) is 0. The van der Waals surface area contributed by atoms with Gasteiger partial charge in [0.2, 0.25) is 0 Å². The Kier molecular flexibility index (Phi) is 7.32. The Balaban J connectivity index is 0.00000142. The number of nitrogens with zero attached hydrogens (tertiary/aromatic N) is 1. The average molecular weight is 605 g/mol. The third kappa shape index (κ3) is 4.39. The molecular weight excluding hydrogens is 570 g/mol. The summed E-state index contributed by atoms with van der Waals surface area (Å²) in [7, 11) is 2.13. The minimum atomic E-state index is -0.952. The van der Waals surface area contributed by atoms with Gasteiger partial charge in [0.15, 0.2) is 0 Å². The molecule has 208 valence electrons. The summed E-state index contributed by atoms with van der Waals surface area (Å²) >= 11 is 2.94. The maximum Gasteiger partial charge on any atom is 0.320 e. The Morgan fingerprint density at radius 3 is 2.00 bits per heavy atom. The molecule has 0 radical (unpaired) electrons. The highest BCUT2D eigenvalue weighted by Gasteiger charge is 2.63. The van der Waals surface area contributed by atoms with Crippen LogP contribution in [0, 0.1) is 0 Å². The molecule has 3 saturated heterocycles. The van der Waals surface area contributed by atoms with Gasteiger partial charge in [-0.2, -0.15) is 0 Å². The average Bonchev–Trinajstić information content (AvgIpc) is 3.71. The van der Waals surface area contributed by atoms with Crippen molar-refractivity contribution in [2.24, 2.45) is 0 Å². The van der Waals surface area contributed by atoms with Crippen molar-refractivity contribution in [3.8, 4) is 11.1 Å². The summed E-state index contributed by atoms with van der Waals surface area (Å²) in [5.41, 5.74) is 3.76. The number of fused-ring (bicyclic) bond motifs is 8. The van der Waals surface area contributed by atoms with Crippen LogP contribution in [0.1, 0.15) is 42.4 Å². The van der Waals surface area contributed by atoms with Crippen LogP contribution in [0.3, 0.4) is 0 Å². The summed E-state index contributed by atoms with van der Waals surface area (Å²) in [6, 6.07) is 26.0. The number of alkyl halides is 1.